The van der Waals surface area contributed by atoms with Gasteiger partial charge < -0.3 is 9.72 Å². The minimum atomic E-state index is -0.275. The fourth-order valence-electron chi connectivity index (χ4n) is 3.28. The van der Waals surface area contributed by atoms with Crippen LogP contribution in [0.3, 0.4) is 0 Å². The average Bonchev–Trinajstić information content (AvgIpc) is 3.42. The number of carbonyl (C=O) groups is 1. The van der Waals surface area contributed by atoms with Crippen molar-refractivity contribution >= 4 is 17.1 Å². The molecule has 6 nitrogen and oxygen atoms in total. The van der Waals surface area contributed by atoms with Crippen LogP contribution in [0.25, 0.3) is 22.5 Å². The monoisotopic (exact) mass is 379 g/mol. The number of amides is 1. The van der Waals surface area contributed by atoms with Crippen LogP contribution in [0.15, 0.2) is 97.6 Å². The minimum absolute atomic E-state index is 0.275. The van der Waals surface area contributed by atoms with Gasteiger partial charge in [0, 0.05) is 24.1 Å². The lowest BCUT2D eigenvalue weighted by Gasteiger charge is -2.07. The molecule has 1 N–H and O–H groups in total. The molecule has 0 fully saturated rings. The summed E-state index contributed by atoms with van der Waals surface area (Å²) in [7, 11) is 0. The zero-order valence-corrected chi connectivity index (χ0v) is 15.4. The molecule has 1 aromatic carbocycles. The number of benzene rings is 1. The summed E-state index contributed by atoms with van der Waals surface area (Å²) in [5.41, 5.74) is 4.27. The zero-order chi connectivity index (χ0) is 19.6. The molecule has 0 aliphatic rings. The molecule has 0 radical (unpaired) electrons. The van der Waals surface area contributed by atoms with Crippen molar-refractivity contribution in [2.75, 3.05) is 5.32 Å². The van der Waals surface area contributed by atoms with E-state index in [1.165, 1.54) is 0 Å². The van der Waals surface area contributed by atoms with Crippen molar-refractivity contribution in [2.24, 2.45) is 0 Å². The van der Waals surface area contributed by atoms with Crippen molar-refractivity contribution in [1.29, 1.82) is 0 Å². The molecule has 140 valence electrons. The molecule has 0 aliphatic heterocycles. The van der Waals surface area contributed by atoms with Gasteiger partial charge in [-0.15, -0.1) is 0 Å². The van der Waals surface area contributed by atoms with Gasteiger partial charge in [-0.2, -0.15) is 5.10 Å². The lowest BCUT2D eigenvalue weighted by atomic mass is 10.1. The summed E-state index contributed by atoms with van der Waals surface area (Å²) in [6.45, 7) is 0. The number of carbonyl (C=O) groups excluding carboxylic acids is 1. The van der Waals surface area contributed by atoms with Crippen molar-refractivity contribution in [1.82, 2.24) is 19.2 Å². The molecule has 0 unspecified atom stereocenters. The van der Waals surface area contributed by atoms with Gasteiger partial charge in [0.2, 0.25) is 0 Å². The van der Waals surface area contributed by atoms with Crippen LogP contribution in [0.5, 0.6) is 0 Å². The van der Waals surface area contributed by atoms with Gasteiger partial charge in [0.25, 0.3) is 5.91 Å². The van der Waals surface area contributed by atoms with Crippen LogP contribution in [-0.2, 0) is 0 Å². The predicted molar refractivity (Wildman–Crippen MR) is 112 cm³/mol. The van der Waals surface area contributed by atoms with E-state index in [9.17, 15) is 4.79 Å². The third-order valence-electron chi connectivity index (χ3n) is 4.71. The first-order valence-electron chi connectivity index (χ1n) is 9.22. The fraction of sp³-hybridized carbons (Fsp3) is 0. The van der Waals surface area contributed by atoms with Gasteiger partial charge in [0.15, 0.2) is 5.69 Å². The van der Waals surface area contributed by atoms with E-state index in [1.54, 1.807) is 41.5 Å². The Balaban J connectivity index is 1.48. The molecule has 0 spiro atoms. The second-order valence-electron chi connectivity index (χ2n) is 6.61. The smallest absolute Gasteiger partial charge is 0.276 e. The Hall–Kier alpha value is -4.19. The maximum atomic E-state index is 12.5. The highest BCUT2D eigenvalue weighted by Crippen LogP contribution is 2.23. The number of hydrogen-bond acceptors (Lipinski definition) is 3. The molecule has 0 atom stereocenters. The van der Waals surface area contributed by atoms with Gasteiger partial charge in [-0.05, 0) is 47.5 Å². The predicted octanol–water partition coefficient (Wildman–Crippen LogP) is 4.44. The van der Waals surface area contributed by atoms with Crippen LogP contribution >= 0.6 is 0 Å². The number of pyridine rings is 2. The van der Waals surface area contributed by atoms with E-state index in [-0.39, 0.29) is 5.91 Å². The highest BCUT2D eigenvalue weighted by Gasteiger charge is 2.13. The van der Waals surface area contributed by atoms with E-state index in [2.05, 4.69) is 50.3 Å². The Bertz CT molecular complexity index is 1290. The summed E-state index contributed by atoms with van der Waals surface area (Å²) in [5.74, 6) is 0.584. The van der Waals surface area contributed by atoms with Crippen molar-refractivity contribution < 1.29 is 4.79 Å². The summed E-state index contributed by atoms with van der Waals surface area (Å²) >= 11 is 0. The third kappa shape index (κ3) is 3.27. The number of aromatic nitrogens is 4. The van der Waals surface area contributed by atoms with Crippen molar-refractivity contribution in [3.8, 4) is 16.9 Å². The van der Waals surface area contributed by atoms with Gasteiger partial charge in [0.1, 0.15) is 5.82 Å². The Morgan fingerprint density at radius 3 is 2.55 bits per heavy atom. The molecule has 29 heavy (non-hydrogen) atoms. The molecular weight excluding hydrogens is 362 g/mol. The largest absolute Gasteiger partial charge is 0.319 e. The number of hydrogen-bond donors (Lipinski definition) is 1. The Kier molecular flexibility index (Phi) is 4.14. The van der Waals surface area contributed by atoms with Gasteiger partial charge in [-0.3, -0.25) is 9.78 Å². The van der Waals surface area contributed by atoms with E-state index in [0.29, 0.717) is 11.4 Å². The van der Waals surface area contributed by atoms with E-state index in [1.807, 2.05) is 30.3 Å². The fourth-order valence-corrected chi connectivity index (χ4v) is 3.28. The molecule has 5 rings (SSSR count). The number of anilines is 1. The summed E-state index contributed by atoms with van der Waals surface area (Å²) in [6.07, 6.45) is 7.12. The standard InChI is InChI=1S/C23H17N5O/c29-23(25-19-7-4-13-24-15-19)21-12-14-28(26-21)22-11-10-20-9-8-18(16-27(20)22)17-5-2-1-3-6-17/h1-16H,(H,25,29). The first kappa shape index (κ1) is 16.9. The number of rotatable bonds is 4. The van der Waals surface area contributed by atoms with Crippen LogP contribution < -0.4 is 5.32 Å². The lowest BCUT2D eigenvalue weighted by molar-refractivity contribution is 0.102. The molecule has 4 aromatic heterocycles. The van der Waals surface area contributed by atoms with E-state index < -0.39 is 0 Å². The molecule has 0 bridgehead atoms. The van der Waals surface area contributed by atoms with Gasteiger partial charge in [-0.25, -0.2) is 4.68 Å². The maximum absolute atomic E-state index is 12.5. The van der Waals surface area contributed by atoms with Crippen LogP contribution in [-0.4, -0.2) is 25.1 Å². The normalized spacial score (nSPS) is 10.9. The van der Waals surface area contributed by atoms with Gasteiger partial charge in [-0.1, -0.05) is 36.4 Å². The second kappa shape index (κ2) is 7.09. The van der Waals surface area contributed by atoms with E-state index >= 15 is 0 Å². The number of nitrogens with one attached hydrogen (secondary N) is 1. The van der Waals surface area contributed by atoms with Crippen molar-refractivity contribution in [2.45, 2.75) is 0 Å². The zero-order valence-electron chi connectivity index (χ0n) is 15.4. The SMILES string of the molecule is O=C(Nc1cccnc1)c1ccn(-c2ccc3ccc(-c4ccccc4)cn23)n1. The van der Waals surface area contributed by atoms with Crippen LogP contribution in [0.1, 0.15) is 10.5 Å². The lowest BCUT2D eigenvalue weighted by Crippen LogP contribution is -2.13. The van der Waals surface area contributed by atoms with Crippen molar-refractivity contribution in [3.63, 3.8) is 0 Å². The second-order valence-corrected chi connectivity index (χ2v) is 6.61. The quantitative estimate of drug-likeness (QED) is 0.502. The molecular formula is C23H17N5O. The molecule has 0 saturated carbocycles. The molecule has 1 amide bonds. The van der Waals surface area contributed by atoms with E-state index in [0.717, 1.165) is 22.5 Å². The summed E-state index contributed by atoms with van der Waals surface area (Å²) < 4.78 is 3.78. The van der Waals surface area contributed by atoms with Crippen LogP contribution in [0, 0.1) is 0 Å². The highest BCUT2D eigenvalue weighted by molar-refractivity contribution is 6.02. The first-order chi connectivity index (χ1) is 14.3. The highest BCUT2D eigenvalue weighted by atomic mass is 16.1. The Labute approximate surface area is 167 Å². The molecule has 0 saturated heterocycles. The topological polar surface area (TPSA) is 64.2 Å². The first-order valence-corrected chi connectivity index (χ1v) is 9.22. The molecule has 6 heteroatoms. The molecule has 0 aliphatic carbocycles. The van der Waals surface area contributed by atoms with Gasteiger partial charge >= 0.3 is 0 Å². The van der Waals surface area contributed by atoms with Crippen LogP contribution in [0.2, 0.25) is 0 Å². The summed E-state index contributed by atoms with van der Waals surface area (Å²) in [5, 5.41) is 7.27. The summed E-state index contributed by atoms with van der Waals surface area (Å²) in [6, 6.07) is 23.7. The summed E-state index contributed by atoms with van der Waals surface area (Å²) in [4.78, 5) is 16.5. The minimum Gasteiger partial charge on any atom is -0.319 e. The molecule has 5 aromatic rings. The Morgan fingerprint density at radius 1 is 0.862 bits per heavy atom. The number of fused-ring (bicyclic) bond motifs is 1. The van der Waals surface area contributed by atoms with Crippen molar-refractivity contribution in [3.05, 3.63) is 103 Å². The van der Waals surface area contributed by atoms with E-state index in [4.69, 9.17) is 0 Å². The Morgan fingerprint density at radius 2 is 1.72 bits per heavy atom. The average molecular weight is 379 g/mol. The molecule has 4 heterocycles. The van der Waals surface area contributed by atoms with Gasteiger partial charge in [0.05, 0.1) is 11.9 Å². The number of nitrogens with zero attached hydrogens (tertiary/aromatic N) is 4. The maximum Gasteiger partial charge on any atom is 0.276 e. The van der Waals surface area contributed by atoms with Crippen LogP contribution in [0.4, 0.5) is 5.69 Å². The third-order valence-corrected chi connectivity index (χ3v) is 4.71.